The molecular formula is C21H18N4O3S. The third-order valence-corrected chi connectivity index (χ3v) is 5.07. The van der Waals surface area contributed by atoms with Gasteiger partial charge in [0.15, 0.2) is 5.13 Å². The SMILES string of the molecule is Cc1ccc(Nc2nc(COC(=O)Cn3cnc4ccccc4c3=O)cs2)cc1. The summed E-state index contributed by atoms with van der Waals surface area (Å²) in [5.41, 5.74) is 3.09. The Balaban J connectivity index is 1.35. The summed E-state index contributed by atoms with van der Waals surface area (Å²) in [7, 11) is 0. The summed E-state index contributed by atoms with van der Waals surface area (Å²) in [4.78, 5) is 33.2. The first kappa shape index (κ1) is 18.8. The number of rotatable bonds is 6. The van der Waals surface area contributed by atoms with Crippen molar-refractivity contribution in [2.45, 2.75) is 20.1 Å². The molecule has 0 aliphatic heterocycles. The summed E-state index contributed by atoms with van der Waals surface area (Å²) >= 11 is 1.43. The van der Waals surface area contributed by atoms with E-state index >= 15 is 0 Å². The van der Waals surface area contributed by atoms with Gasteiger partial charge in [0.1, 0.15) is 13.2 Å². The number of nitrogens with one attached hydrogen (secondary N) is 1. The molecule has 0 amide bonds. The molecule has 0 saturated carbocycles. The monoisotopic (exact) mass is 406 g/mol. The molecule has 0 aliphatic carbocycles. The molecule has 146 valence electrons. The Labute approximate surface area is 170 Å². The van der Waals surface area contributed by atoms with Gasteiger partial charge in [-0.05, 0) is 31.2 Å². The number of ether oxygens (including phenoxy) is 1. The van der Waals surface area contributed by atoms with Gasteiger partial charge in [-0.25, -0.2) is 9.97 Å². The summed E-state index contributed by atoms with van der Waals surface area (Å²) in [6.45, 7) is 1.87. The molecule has 2 aromatic heterocycles. The van der Waals surface area contributed by atoms with Crippen LogP contribution in [-0.2, 0) is 22.7 Å². The van der Waals surface area contributed by atoms with Crippen LogP contribution in [0.1, 0.15) is 11.3 Å². The highest BCUT2D eigenvalue weighted by molar-refractivity contribution is 7.13. The molecule has 4 aromatic rings. The molecule has 0 unspecified atom stereocenters. The maximum atomic E-state index is 12.4. The van der Waals surface area contributed by atoms with Crippen molar-refractivity contribution in [2.24, 2.45) is 0 Å². The fourth-order valence-electron chi connectivity index (χ4n) is 2.75. The van der Waals surface area contributed by atoms with E-state index in [0.29, 0.717) is 16.6 Å². The van der Waals surface area contributed by atoms with Gasteiger partial charge in [-0.3, -0.25) is 14.2 Å². The number of hydrogen-bond acceptors (Lipinski definition) is 7. The number of fused-ring (bicyclic) bond motifs is 1. The first-order chi connectivity index (χ1) is 14.1. The lowest BCUT2D eigenvalue weighted by molar-refractivity contribution is -0.145. The average Bonchev–Trinajstić information content (AvgIpc) is 3.18. The lowest BCUT2D eigenvalue weighted by Crippen LogP contribution is -2.25. The van der Waals surface area contributed by atoms with Gasteiger partial charge >= 0.3 is 5.97 Å². The van der Waals surface area contributed by atoms with E-state index in [1.54, 1.807) is 18.2 Å². The zero-order chi connectivity index (χ0) is 20.2. The molecule has 2 heterocycles. The lowest BCUT2D eigenvalue weighted by Gasteiger charge is -2.06. The fraction of sp³-hybridized carbons (Fsp3) is 0.143. The Bertz CT molecular complexity index is 1210. The lowest BCUT2D eigenvalue weighted by atomic mass is 10.2. The number of benzene rings is 2. The molecule has 0 spiro atoms. The van der Waals surface area contributed by atoms with Crippen LogP contribution in [0.25, 0.3) is 10.9 Å². The molecule has 2 aromatic carbocycles. The summed E-state index contributed by atoms with van der Waals surface area (Å²) in [5, 5.41) is 6.23. The zero-order valence-corrected chi connectivity index (χ0v) is 16.5. The molecule has 29 heavy (non-hydrogen) atoms. The van der Waals surface area contributed by atoms with Gasteiger partial charge in [0.25, 0.3) is 5.56 Å². The van der Waals surface area contributed by atoms with Crippen LogP contribution >= 0.6 is 11.3 Å². The zero-order valence-electron chi connectivity index (χ0n) is 15.7. The molecular weight excluding hydrogens is 388 g/mol. The van der Waals surface area contributed by atoms with Crippen molar-refractivity contribution in [1.29, 1.82) is 0 Å². The smallest absolute Gasteiger partial charge is 0.326 e. The predicted molar refractivity (Wildman–Crippen MR) is 112 cm³/mol. The maximum Gasteiger partial charge on any atom is 0.326 e. The first-order valence-corrected chi connectivity index (χ1v) is 9.84. The standard InChI is InChI=1S/C21H18N4O3S/c1-14-6-8-15(9-7-14)23-21-24-16(12-29-21)11-28-19(26)10-25-13-22-18-5-3-2-4-17(18)20(25)27/h2-9,12-13H,10-11H2,1H3,(H,23,24). The number of anilines is 2. The number of para-hydroxylation sites is 1. The van der Waals surface area contributed by atoms with Crippen molar-refractivity contribution in [3.63, 3.8) is 0 Å². The fourth-order valence-corrected chi connectivity index (χ4v) is 3.46. The van der Waals surface area contributed by atoms with E-state index in [4.69, 9.17) is 4.74 Å². The van der Waals surface area contributed by atoms with Crippen molar-refractivity contribution < 1.29 is 9.53 Å². The average molecular weight is 406 g/mol. The minimum absolute atomic E-state index is 0.0423. The summed E-state index contributed by atoms with van der Waals surface area (Å²) in [6, 6.07) is 15.0. The Morgan fingerprint density at radius 2 is 1.97 bits per heavy atom. The van der Waals surface area contributed by atoms with Crippen LogP contribution in [0.15, 0.2) is 65.0 Å². The molecule has 8 heteroatoms. The number of carbonyl (C=O) groups is 1. The highest BCUT2D eigenvalue weighted by Crippen LogP contribution is 2.21. The van der Waals surface area contributed by atoms with Crippen molar-refractivity contribution >= 4 is 39.0 Å². The third kappa shape index (κ3) is 4.49. The second-order valence-electron chi connectivity index (χ2n) is 6.49. The molecule has 0 bridgehead atoms. The number of aryl methyl sites for hydroxylation is 1. The van der Waals surface area contributed by atoms with Gasteiger partial charge in [0.2, 0.25) is 0 Å². The number of esters is 1. The van der Waals surface area contributed by atoms with E-state index in [1.807, 2.05) is 42.6 Å². The number of hydrogen-bond donors (Lipinski definition) is 1. The number of carbonyl (C=O) groups excluding carboxylic acids is 1. The maximum absolute atomic E-state index is 12.4. The van der Waals surface area contributed by atoms with Crippen LogP contribution < -0.4 is 10.9 Å². The van der Waals surface area contributed by atoms with E-state index in [-0.39, 0.29) is 18.7 Å². The molecule has 0 saturated heterocycles. The third-order valence-electron chi connectivity index (χ3n) is 4.27. The molecule has 4 rings (SSSR count). The molecule has 0 atom stereocenters. The Kier molecular flexibility index (Phi) is 5.35. The molecule has 0 aliphatic rings. The van der Waals surface area contributed by atoms with Crippen LogP contribution in [-0.4, -0.2) is 20.5 Å². The normalized spacial score (nSPS) is 10.8. The Morgan fingerprint density at radius 3 is 2.79 bits per heavy atom. The Hall–Kier alpha value is -3.52. The summed E-state index contributed by atoms with van der Waals surface area (Å²) in [5.74, 6) is -0.523. The van der Waals surface area contributed by atoms with Crippen LogP contribution in [0, 0.1) is 6.92 Å². The van der Waals surface area contributed by atoms with Gasteiger partial charge in [0, 0.05) is 11.1 Å². The second-order valence-corrected chi connectivity index (χ2v) is 7.35. The van der Waals surface area contributed by atoms with E-state index in [9.17, 15) is 9.59 Å². The number of nitrogens with zero attached hydrogens (tertiary/aromatic N) is 3. The predicted octanol–water partition coefficient (Wildman–Crippen LogP) is 3.65. The van der Waals surface area contributed by atoms with Crippen LogP contribution in [0.4, 0.5) is 10.8 Å². The van der Waals surface area contributed by atoms with Crippen LogP contribution in [0.3, 0.4) is 0 Å². The highest BCUT2D eigenvalue weighted by atomic mass is 32.1. The van der Waals surface area contributed by atoms with E-state index in [1.165, 1.54) is 27.8 Å². The van der Waals surface area contributed by atoms with Crippen LogP contribution in [0.5, 0.6) is 0 Å². The van der Waals surface area contributed by atoms with Gasteiger partial charge in [-0.15, -0.1) is 11.3 Å². The largest absolute Gasteiger partial charge is 0.458 e. The van der Waals surface area contributed by atoms with E-state index < -0.39 is 5.97 Å². The van der Waals surface area contributed by atoms with Gasteiger partial charge in [0.05, 0.1) is 22.9 Å². The minimum atomic E-state index is -0.523. The summed E-state index contributed by atoms with van der Waals surface area (Å²) in [6.07, 6.45) is 1.36. The van der Waals surface area contributed by atoms with Crippen molar-refractivity contribution in [3.8, 4) is 0 Å². The van der Waals surface area contributed by atoms with Crippen LogP contribution in [0.2, 0.25) is 0 Å². The van der Waals surface area contributed by atoms with E-state index in [2.05, 4.69) is 15.3 Å². The summed E-state index contributed by atoms with van der Waals surface area (Å²) < 4.78 is 6.51. The molecule has 7 nitrogen and oxygen atoms in total. The highest BCUT2D eigenvalue weighted by Gasteiger charge is 2.10. The number of thiazole rings is 1. The first-order valence-electron chi connectivity index (χ1n) is 8.96. The quantitative estimate of drug-likeness (QED) is 0.492. The minimum Gasteiger partial charge on any atom is -0.458 e. The molecule has 0 radical (unpaired) electrons. The molecule has 1 N–H and O–H groups in total. The van der Waals surface area contributed by atoms with E-state index in [0.717, 1.165) is 10.8 Å². The van der Waals surface area contributed by atoms with Crippen molar-refractivity contribution in [1.82, 2.24) is 14.5 Å². The topological polar surface area (TPSA) is 86.1 Å². The Morgan fingerprint density at radius 1 is 1.17 bits per heavy atom. The van der Waals surface area contributed by atoms with Crippen molar-refractivity contribution in [2.75, 3.05) is 5.32 Å². The number of aromatic nitrogens is 3. The molecule has 0 fully saturated rings. The van der Waals surface area contributed by atoms with Crippen molar-refractivity contribution in [3.05, 3.63) is 81.8 Å². The van der Waals surface area contributed by atoms with Gasteiger partial charge < -0.3 is 10.1 Å². The van der Waals surface area contributed by atoms with Gasteiger partial charge in [-0.2, -0.15) is 0 Å². The van der Waals surface area contributed by atoms with Gasteiger partial charge in [-0.1, -0.05) is 29.8 Å². The second kappa shape index (κ2) is 8.24.